The van der Waals surface area contributed by atoms with Crippen LogP contribution in [0.4, 0.5) is 0 Å². The monoisotopic (exact) mass is 311 g/mol. The molecular weight excluding hydrogens is 286 g/mol. The maximum atomic E-state index is 11.2. The van der Waals surface area contributed by atoms with Crippen molar-refractivity contribution in [1.29, 1.82) is 0 Å². The molecule has 1 aromatic rings. The summed E-state index contributed by atoms with van der Waals surface area (Å²) >= 11 is 6.23. The predicted octanol–water partition coefficient (Wildman–Crippen LogP) is 4.46. The van der Waals surface area contributed by atoms with Crippen LogP contribution in [0, 0.1) is 0 Å². The fraction of sp³-hybridized carbons (Fsp3) is 0.588. The summed E-state index contributed by atoms with van der Waals surface area (Å²) < 4.78 is 4.91. The van der Waals surface area contributed by atoms with Gasteiger partial charge in [-0.1, -0.05) is 36.2 Å². The number of esters is 1. The van der Waals surface area contributed by atoms with Crippen LogP contribution in [0.1, 0.15) is 51.1 Å². The highest BCUT2D eigenvalue weighted by Gasteiger charge is 2.13. The van der Waals surface area contributed by atoms with Crippen molar-refractivity contribution in [3.8, 4) is 0 Å². The smallest absolute Gasteiger partial charge is 0.305 e. The van der Waals surface area contributed by atoms with Crippen LogP contribution in [0.5, 0.6) is 0 Å². The van der Waals surface area contributed by atoms with Crippen LogP contribution in [0.15, 0.2) is 24.3 Å². The van der Waals surface area contributed by atoms with E-state index in [9.17, 15) is 4.79 Å². The third-order valence-electron chi connectivity index (χ3n) is 3.71. The average molecular weight is 312 g/mol. The van der Waals surface area contributed by atoms with Gasteiger partial charge in [0.05, 0.1) is 6.61 Å². The number of carbonyl (C=O) groups is 1. The Hall–Kier alpha value is -1.06. The Labute approximate surface area is 133 Å². The zero-order chi connectivity index (χ0) is 15.7. The molecule has 1 atom stereocenters. The van der Waals surface area contributed by atoms with Crippen LogP contribution in [0.25, 0.3) is 0 Å². The van der Waals surface area contributed by atoms with Crippen molar-refractivity contribution in [3.63, 3.8) is 0 Å². The van der Waals surface area contributed by atoms with E-state index in [2.05, 4.69) is 24.9 Å². The van der Waals surface area contributed by atoms with Crippen molar-refractivity contribution in [2.45, 2.75) is 45.6 Å². The Morgan fingerprint density at radius 1 is 1.29 bits per heavy atom. The predicted molar refractivity (Wildman–Crippen MR) is 87.6 cm³/mol. The summed E-state index contributed by atoms with van der Waals surface area (Å²) in [4.78, 5) is 13.5. The Morgan fingerprint density at radius 3 is 2.67 bits per heavy atom. The van der Waals surface area contributed by atoms with E-state index in [1.807, 2.05) is 25.1 Å². The first-order valence-corrected chi connectivity index (χ1v) is 8.04. The van der Waals surface area contributed by atoms with Crippen LogP contribution >= 0.6 is 11.6 Å². The van der Waals surface area contributed by atoms with Crippen molar-refractivity contribution in [2.24, 2.45) is 0 Å². The van der Waals surface area contributed by atoms with E-state index in [1.54, 1.807) is 0 Å². The molecule has 0 heterocycles. The zero-order valence-electron chi connectivity index (χ0n) is 13.3. The van der Waals surface area contributed by atoms with Gasteiger partial charge in [0.2, 0.25) is 0 Å². The Balaban J connectivity index is 2.26. The molecule has 0 aromatic heterocycles. The highest BCUT2D eigenvalue weighted by molar-refractivity contribution is 6.31. The van der Waals surface area contributed by atoms with Crippen LogP contribution in [0.2, 0.25) is 5.02 Å². The molecule has 4 heteroatoms. The van der Waals surface area contributed by atoms with Gasteiger partial charge in [-0.25, -0.2) is 0 Å². The van der Waals surface area contributed by atoms with Crippen molar-refractivity contribution in [3.05, 3.63) is 34.9 Å². The molecule has 0 saturated carbocycles. The lowest BCUT2D eigenvalue weighted by Gasteiger charge is -2.25. The fourth-order valence-corrected chi connectivity index (χ4v) is 2.58. The van der Waals surface area contributed by atoms with Gasteiger partial charge in [0, 0.05) is 17.5 Å². The first-order chi connectivity index (χ1) is 10.1. The van der Waals surface area contributed by atoms with Gasteiger partial charge in [-0.2, -0.15) is 0 Å². The van der Waals surface area contributed by atoms with Gasteiger partial charge in [-0.05, 0) is 51.9 Å². The molecule has 0 N–H and O–H groups in total. The van der Waals surface area contributed by atoms with Gasteiger partial charge in [0.15, 0.2) is 0 Å². The molecule has 0 radical (unpaired) electrons. The minimum atomic E-state index is -0.0877. The molecule has 1 aromatic carbocycles. The van der Waals surface area contributed by atoms with Gasteiger partial charge in [0.1, 0.15) is 0 Å². The summed E-state index contributed by atoms with van der Waals surface area (Å²) in [6.07, 6.45) is 3.54. The molecule has 0 spiro atoms. The number of unbranched alkanes of at least 4 members (excludes halogenated alkanes) is 2. The molecule has 1 rings (SSSR count). The Bertz CT molecular complexity index is 437. The van der Waals surface area contributed by atoms with E-state index in [1.165, 1.54) is 0 Å². The summed E-state index contributed by atoms with van der Waals surface area (Å²) in [5, 5.41) is 0.819. The number of halogens is 1. The van der Waals surface area contributed by atoms with E-state index in [0.717, 1.165) is 36.4 Å². The molecule has 0 fully saturated rings. The Kier molecular flexibility index (Phi) is 8.40. The SMILES string of the molecule is CCOC(=O)CCCCCN(C)C(C)c1ccccc1Cl. The van der Waals surface area contributed by atoms with Crippen molar-refractivity contribution in [2.75, 3.05) is 20.2 Å². The minimum Gasteiger partial charge on any atom is -0.466 e. The van der Waals surface area contributed by atoms with Gasteiger partial charge in [-0.15, -0.1) is 0 Å². The normalized spacial score (nSPS) is 12.4. The lowest BCUT2D eigenvalue weighted by molar-refractivity contribution is -0.143. The van der Waals surface area contributed by atoms with E-state index >= 15 is 0 Å². The number of rotatable bonds is 9. The number of nitrogens with zero attached hydrogens (tertiary/aromatic N) is 1. The second-order valence-corrected chi connectivity index (χ2v) is 5.70. The summed E-state index contributed by atoms with van der Waals surface area (Å²) in [5.74, 6) is -0.0877. The molecule has 1 unspecified atom stereocenters. The first kappa shape index (κ1) is 18.0. The summed E-state index contributed by atoms with van der Waals surface area (Å²) in [5.41, 5.74) is 1.16. The molecule has 0 aliphatic rings. The quantitative estimate of drug-likeness (QED) is 0.498. The number of hydrogen-bond acceptors (Lipinski definition) is 3. The number of benzene rings is 1. The van der Waals surface area contributed by atoms with E-state index in [-0.39, 0.29) is 5.97 Å². The fourth-order valence-electron chi connectivity index (χ4n) is 2.29. The minimum absolute atomic E-state index is 0.0877. The third kappa shape index (κ3) is 6.49. The molecule has 0 aliphatic carbocycles. The molecule has 118 valence electrons. The van der Waals surface area contributed by atoms with Crippen molar-refractivity contribution in [1.82, 2.24) is 4.90 Å². The van der Waals surface area contributed by atoms with Crippen LogP contribution in [-0.2, 0) is 9.53 Å². The maximum Gasteiger partial charge on any atom is 0.305 e. The van der Waals surface area contributed by atoms with Crippen molar-refractivity contribution < 1.29 is 9.53 Å². The van der Waals surface area contributed by atoms with E-state index in [0.29, 0.717) is 19.1 Å². The number of carbonyl (C=O) groups excluding carboxylic acids is 1. The Morgan fingerprint density at radius 2 is 2.00 bits per heavy atom. The molecule has 0 bridgehead atoms. The summed E-state index contributed by atoms with van der Waals surface area (Å²) in [6, 6.07) is 8.27. The van der Waals surface area contributed by atoms with Gasteiger partial charge < -0.3 is 4.74 Å². The molecule has 0 saturated heterocycles. The third-order valence-corrected chi connectivity index (χ3v) is 4.06. The highest BCUT2D eigenvalue weighted by Crippen LogP contribution is 2.26. The van der Waals surface area contributed by atoms with Gasteiger partial charge >= 0.3 is 5.97 Å². The second kappa shape index (κ2) is 9.80. The van der Waals surface area contributed by atoms with Crippen LogP contribution in [0.3, 0.4) is 0 Å². The molecule has 0 amide bonds. The maximum absolute atomic E-state index is 11.2. The van der Waals surface area contributed by atoms with Gasteiger partial charge in [0.25, 0.3) is 0 Å². The highest BCUT2D eigenvalue weighted by atomic mass is 35.5. The molecular formula is C17H26ClNO2. The summed E-state index contributed by atoms with van der Waals surface area (Å²) in [7, 11) is 2.11. The summed E-state index contributed by atoms with van der Waals surface area (Å²) in [6.45, 7) is 5.47. The second-order valence-electron chi connectivity index (χ2n) is 5.29. The number of ether oxygens (including phenoxy) is 1. The lowest BCUT2D eigenvalue weighted by atomic mass is 10.1. The van der Waals surface area contributed by atoms with E-state index < -0.39 is 0 Å². The molecule has 21 heavy (non-hydrogen) atoms. The zero-order valence-corrected chi connectivity index (χ0v) is 14.0. The molecule has 0 aliphatic heterocycles. The average Bonchev–Trinajstić information content (AvgIpc) is 2.46. The topological polar surface area (TPSA) is 29.5 Å². The lowest BCUT2D eigenvalue weighted by Crippen LogP contribution is -2.23. The van der Waals surface area contributed by atoms with Crippen LogP contribution < -0.4 is 0 Å². The first-order valence-electron chi connectivity index (χ1n) is 7.66. The van der Waals surface area contributed by atoms with Crippen LogP contribution in [-0.4, -0.2) is 31.1 Å². The van der Waals surface area contributed by atoms with Crippen molar-refractivity contribution >= 4 is 17.6 Å². The number of hydrogen-bond donors (Lipinski definition) is 0. The molecule has 3 nitrogen and oxygen atoms in total. The standard InChI is InChI=1S/C17H26ClNO2/c1-4-21-17(20)12-6-5-9-13-19(3)14(2)15-10-7-8-11-16(15)18/h7-8,10-11,14H,4-6,9,12-13H2,1-3H3. The van der Waals surface area contributed by atoms with Gasteiger partial charge in [-0.3, -0.25) is 9.69 Å². The van der Waals surface area contributed by atoms with E-state index in [4.69, 9.17) is 16.3 Å². The largest absolute Gasteiger partial charge is 0.466 e.